The normalized spacial score (nSPS) is 14.6. The molecule has 0 aliphatic carbocycles. The van der Waals surface area contributed by atoms with Gasteiger partial charge in [0, 0.05) is 38.4 Å². The van der Waals surface area contributed by atoms with Crippen LogP contribution in [0.15, 0.2) is 53.3 Å². The maximum absolute atomic E-state index is 12.9. The molecular formula is C22H26N4O2. The van der Waals surface area contributed by atoms with Crippen molar-refractivity contribution in [3.8, 4) is 0 Å². The molecule has 3 aromatic rings. The number of carbonyl (C=O) groups excluding carboxylic acids is 1. The molecule has 0 bridgehead atoms. The first kappa shape index (κ1) is 18.3. The number of fused-ring (bicyclic) bond motifs is 1. The molecule has 2 heterocycles. The van der Waals surface area contributed by atoms with Gasteiger partial charge in [-0.2, -0.15) is 0 Å². The van der Waals surface area contributed by atoms with Crippen LogP contribution in [0, 0.1) is 6.92 Å². The summed E-state index contributed by atoms with van der Waals surface area (Å²) >= 11 is 0. The highest BCUT2D eigenvalue weighted by molar-refractivity contribution is 5.81. The van der Waals surface area contributed by atoms with Crippen molar-refractivity contribution in [2.45, 2.75) is 26.9 Å². The molecule has 2 aromatic carbocycles. The number of carbonyl (C=O) groups is 1. The Labute approximate surface area is 164 Å². The summed E-state index contributed by atoms with van der Waals surface area (Å²) in [4.78, 5) is 29.9. The van der Waals surface area contributed by atoms with Crippen LogP contribution in [0.2, 0.25) is 0 Å². The molecule has 1 aromatic heterocycles. The number of aryl methyl sites for hydroxylation is 2. The van der Waals surface area contributed by atoms with Crippen LogP contribution in [0.4, 0.5) is 5.69 Å². The molecule has 1 amide bonds. The van der Waals surface area contributed by atoms with Crippen molar-refractivity contribution in [2.24, 2.45) is 0 Å². The number of imidazole rings is 1. The molecule has 1 aliphatic heterocycles. The predicted molar refractivity (Wildman–Crippen MR) is 112 cm³/mol. The molecule has 0 saturated carbocycles. The molecule has 0 unspecified atom stereocenters. The smallest absolute Gasteiger partial charge is 0.329 e. The van der Waals surface area contributed by atoms with Gasteiger partial charge in [-0.1, -0.05) is 30.3 Å². The minimum Gasteiger partial charge on any atom is -0.368 e. The molecule has 4 rings (SSSR count). The van der Waals surface area contributed by atoms with E-state index in [1.807, 2.05) is 42.2 Å². The third-order valence-corrected chi connectivity index (χ3v) is 5.62. The van der Waals surface area contributed by atoms with Gasteiger partial charge in [0.05, 0.1) is 11.0 Å². The topological polar surface area (TPSA) is 50.5 Å². The van der Waals surface area contributed by atoms with Crippen LogP contribution < -0.4 is 10.6 Å². The van der Waals surface area contributed by atoms with Gasteiger partial charge in [0.25, 0.3) is 0 Å². The van der Waals surface area contributed by atoms with E-state index in [4.69, 9.17) is 0 Å². The number of amides is 1. The highest BCUT2D eigenvalue weighted by Gasteiger charge is 2.23. The summed E-state index contributed by atoms with van der Waals surface area (Å²) < 4.78 is 3.33. The fourth-order valence-electron chi connectivity index (χ4n) is 4.08. The Morgan fingerprint density at radius 1 is 0.893 bits per heavy atom. The molecule has 0 N–H and O–H groups in total. The van der Waals surface area contributed by atoms with Gasteiger partial charge < -0.3 is 9.80 Å². The highest BCUT2D eigenvalue weighted by atomic mass is 16.2. The van der Waals surface area contributed by atoms with Crippen molar-refractivity contribution in [3.63, 3.8) is 0 Å². The standard InChI is InChI=1S/C22H26N4O2/c1-3-25-19-10-6-7-11-20(19)26(22(25)28)16-21(27)24-14-12-23(13-15-24)18-9-5-4-8-17(18)2/h4-11H,3,12-16H2,1-2H3. The second kappa shape index (κ2) is 7.54. The summed E-state index contributed by atoms with van der Waals surface area (Å²) in [7, 11) is 0. The Kier molecular flexibility index (Phi) is 4.94. The highest BCUT2D eigenvalue weighted by Crippen LogP contribution is 2.21. The largest absolute Gasteiger partial charge is 0.368 e. The quantitative estimate of drug-likeness (QED) is 0.701. The molecule has 1 saturated heterocycles. The summed E-state index contributed by atoms with van der Waals surface area (Å²) in [6.45, 7) is 7.72. The number of anilines is 1. The Balaban J connectivity index is 1.49. The van der Waals surface area contributed by atoms with E-state index in [1.165, 1.54) is 11.3 Å². The summed E-state index contributed by atoms with van der Waals surface area (Å²) in [5.41, 5.74) is 4.07. The van der Waals surface area contributed by atoms with E-state index >= 15 is 0 Å². The van der Waals surface area contributed by atoms with Gasteiger partial charge >= 0.3 is 5.69 Å². The molecule has 1 fully saturated rings. The third kappa shape index (κ3) is 3.19. The van der Waals surface area contributed by atoms with Gasteiger partial charge in [-0.25, -0.2) is 4.79 Å². The van der Waals surface area contributed by atoms with Crippen LogP contribution in [0.1, 0.15) is 12.5 Å². The first-order valence-electron chi connectivity index (χ1n) is 9.86. The van der Waals surface area contributed by atoms with E-state index in [-0.39, 0.29) is 18.1 Å². The van der Waals surface area contributed by atoms with Crippen LogP contribution in [0.25, 0.3) is 11.0 Å². The van der Waals surface area contributed by atoms with E-state index in [9.17, 15) is 9.59 Å². The number of para-hydroxylation sites is 3. The number of rotatable bonds is 4. The zero-order valence-electron chi connectivity index (χ0n) is 16.5. The molecule has 6 heteroatoms. The molecule has 0 atom stereocenters. The van der Waals surface area contributed by atoms with Gasteiger partial charge in [-0.3, -0.25) is 13.9 Å². The van der Waals surface area contributed by atoms with Crippen molar-refractivity contribution in [1.82, 2.24) is 14.0 Å². The summed E-state index contributed by atoms with van der Waals surface area (Å²) in [6, 6.07) is 16.0. The van der Waals surface area contributed by atoms with E-state index in [0.717, 1.165) is 24.1 Å². The fourth-order valence-corrected chi connectivity index (χ4v) is 4.08. The van der Waals surface area contributed by atoms with Crippen LogP contribution in [0.3, 0.4) is 0 Å². The van der Waals surface area contributed by atoms with E-state index in [1.54, 1.807) is 9.13 Å². The zero-order valence-corrected chi connectivity index (χ0v) is 16.5. The number of hydrogen-bond acceptors (Lipinski definition) is 3. The van der Waals surface area contributed by atoms with Gasteiger partial charge in [0.1, 0.15) is 6.54 Å². The van der Waals surface area contributed by atoms with E-state index in [2.05, 4.69) is 30.0 Å². The van der Waals surface area contributed by atoms with Crippen molar-refractivity contribution in [3.05, 3.63) is 64.6 Å². The zero-order chi connectivity index (χ0) is 19.7. The average molecular weight is 378 g/mol. The van der Waals surface area contributed by atoms with Crippen molar-refractivity contribution in [1.29, 1.82) is 0 Å². The minimum absolute atomic E-state index is 0.00513. The van der Waals surface area contributed by atoms with Gasteiger partial charge in [0.15, 0.2) is 0 Å². The number of nitrogens with zero attached hydrogens (tertiary/aromatic N) is 4. The van der Waals surface area contributed by atoms with Crippen LogP contribution >= 0.6 is 0 Å². The average Bonchev–Trinajstić information content (AvgIpc) is 2.99. The van der Waals surface area contributed by atoms with Crippen molar-refractivity contribution < 1.29 is 4.79 Å². The molecule has 6 nitrogen and oxygen atoms in total. The monoisotopic (exact) mass is 378 g/mol. The fraction of sp³-hybridized carbons (Fsp3) is 0.364. The van der Waals surface area contributed by atoms with E-state index < -0.39 is 0 Å². The van der Waals surface area contributed by atoms with E-state index in [0.29, 0.717) is 19.6 Å². The second-order valence-electron chi connectivity index (χ2n) is 7.26. The summed E-state index contributed by atoms with van der Waals surface area (Å²) in [5, 5.41) is 0. The number of piperazine rings is 1. The molecule has 0 radical (unpaired) electrons. The Bertz CT molecular complexity index is 1060. The molecule has 0 spiro atoms. The molecule has 146 valence electrons. The lowest BCUT2D eigenvalue weighted by Gasteiger charge is -2.36. The Morgan fingerprint density at radius 2 is 1.50 bits per heavy atom. The number of benzene rings is 2. The number of aromatic nitrogens is 2. The summed E-state index contributed by atoms with van der Waals surface area (Å²) in [6.07, 6.45) is 0. The maximum Gasteiger partial charge on any atom is 0.329 e. The van der Waals surface area contributed by atoms with Crippen LogP contribution in [-0.4, -0.2) is 46.1 Å². The first-order valence-corrected chi connectivity index (χ1v) is 9.86. The van der Waals surface area contributed by atoms with Gasteiger partial charge in [-0.15, -0.1) is 0 Å². The van der Waals surface area contributed by atoms with Crippen molar-refractivity contribution in [2.75, 3.05) is 31.1 Å². The van der Waals surface area contributed by atoms with Crippen molar-refractivity contribution >= 4 is 22.6 Å². The molecule has 1 aliphatic rings. The maximum atomic E-state index is 12.9. The Hall–Kier alpha value is -3.02. The molecular weight excluding hydrogens is 352 g/mol. The Morgan fingerprint density at radius 3 is 2.14 bits per heavy atom. The van der Waals surface area contributed by atoms with Crippen LogP contribution in [-0.2, 0) is 17.9 Å². The lowest BCUT2D eigenvalue weighted by atomic mass is 10.1. The lowest BCUT2D eigenvalue weighted by Crippen LogP contribution is -2.50. The second-order valence-corrected chi connectivity index (χ2v) is 7.26. The van der Waals surface area contributed by atoms with Gasteiger partial charge in [0.2, 0.25) is 5.91 Å². The van der Waals surface area contributed by atoms with Crippen LogP contribution in [0.5, 0.6) is 0 Å². The third-order valence-electron chi connectivity index (χ3n) is 5.62. The summed E-state index contributed by atoms with van der Waals surface area (Å²) in [5.74, 6) is 0.00513. The lowest BCUT2D eigenvalue weighted by molar-refractivity contribution is -0.132. The molecule has 28 heavy (non-hydrogen) atoms. The SMILES string of the molecule is CCn1c(=O)n(CC(=O)N2CCN(c3ccccc3C)CC2)c2ccccc21. The number of hydrogen-bond donors (Lipinski definition) is 0. The minimum atomic E-state index is -0.115. The predicted octanol–water partition coefficient (Wildman–Crippen LogP) is 2.48. The first-order chi connectivity index (χ1) is 13.6. The van der Waals surface area contributed by atoms with Gasteiger partial charge in [-0.05, 0) is 37.6 Å².